The van der Waals surface area contributed by atoms with Crippen LogP contribution in [0.25, 0.3) is 0 Å². The van der Waals surface area contributed by atoms with Gasteiger partial charge in [-0.1, -0.05) is 29.1 Å². The number of phenolic OH excluding ortho intramolecular Hbond substituents is 1. The third-order valence-corrected chi connectivity index (χ3v) is 13.8. The van der Waals surface area contributed by atoms with E-state index in [4.69, 9.17) is 20.7 Å². The predicted octanol–water partition coefficient (Wildman–Crippen LogP) is 1.00. The molecule has 0 aliphatic carbocycles. The first-order chi connectivity index (χ1) is 27.9. The number of thioether (sulfide) groups is 3. The molecule has 3 fully saturated rings. The fourth-order valence-electron chi connectivity index (χ4n) is 6.54. The molecule has 4 aliphatic rings. The van der Waals surface area contributed by atoms with Crippen molar-refractivity contribution in [2.24, 2.45) is 10.9 Å². The average molecular weight is 889 g/mol. The number of aromatic nitrogens is 1. The van der Waals surface area contributed by atoms with Gasteiger partial charge in [0.1, 0.15) is 59.2 Å². The Hall–Kier alpha value is -5.56. The van der Waals surface area contributed by atoms with Gasteiger partial charge in [0.05, 0.1) is 6.26 Å². The molecule has 0 radical (unpaired) electrons. The number of hydrogen-bond acceptors (Lipinski definition) is 18. The first-order valence-electron chi connectivity index (χ1n) is 17.3. The molecule has 9 N–H and O–H groups in total. The van der Waals surface area contributed by atoms with Gasteiger partial charge in [-0.15, -0.1) is 34.9 Å². The van der Waals surface area contributed by atoms with Crippen molar-refractivity contribution in [3.63, 3.8) is 0 Å². The second-order valence-corrected chi connectivity index (χ2v) is 18.2. The van der Waals surface area contributed by atoms with Crippen LogP contribution >= 0.6 is 46.6 Å². The van der Waals surface area contributed by atoms with Gasteiger partial charge in [-0.3, -0.25) is 28.9 Å². The number of amides is 4. The standard InChI is InChI=1S/C19H17N5O7S3.C16H19N3O5S/c1-30-23-11(9-7-34-19(20)21-9)14(25)22-12-15(26)24-13(17(27)28)8(5-32-16(12)24)6-33-18(29)10-3-2-4-31-10;1-16(2)11(15(23)24)19-13(22)10(14(19)25-16)18-12(21)9(17)7-3-5-8(20)6-4-7/h2-4,7,12,16H,5-6H2,1H3,(H2,20,21)(H,22,25)(H,27,28);3-6,9-11,14,20H,17H2,1-2H3,(H,18,21)(H,23,24)/b23-11-;/t12-,16-;9-,10-,11+,14-/m11/s1. The number of furan rings is 1. The summed E-state index contributed by atoms with van der Waals surface area (Å²) >= 11 is 4.64. The van der Waals surface area contributed by atoms with Gasteiger partial charge in [0, 0.05) is 21.6 Å². The van der Waals surface area contributed by atoms with Crippen molar-refractivity contribution in [3.05, 3.63) is 76.3 Å². The lowest BCUT2D eigenvalue weighted by Gasteiger charge is -2.49. The fourth-order valence-corrected chi connectivity index (χ4v) is 11.0. The Morgan fingerprint density at radius 2 is 1.78 bits per heavy atom. The van der Waals surface area contributed by atoms with E-state index in [9.17, 15) is 48.9 Å². The van der Waals surface area contributed by atoms with Crippen LogP contribution in [0.2, 0.25) is 0 Å². The van der Waals surface area contributed by atoms with E-state index >= 15 is 0 Å². The largest absolute Gasteiger partial charge is 0.508 e. The zero-order valence-electron chi connectivity index (χ0n) is 31.1. The number of hydrogen-bond donors (Lipinski definition) is 7. The van der Waals surface area contributed by atoms with Crippen LogP contribution in [0.15, 0.2) is 68.9 Å². The maximum absolute atomic E-state index is 12.8. The Morgan fingerprint density at radius 3 is 2.37 bits per heavy atom. The van der Waals surface area contributed by atoms with Gasteiger partial charge in [0.25, 0.3) is 16.9 Å². The molecular weight excluding hydrogens is 853 g/mol. The summed E-state index contributed by atoms with van der Waals surface area (Å²) in [5.41, 5.74) is 12.3. The molecule has 312 valence electrons. The van der Waals surface area contributed by atoms with E-state index in [1.165, 1.54) is 77.5 Å². The van der Waals surface area contributed by atoms with E-state index in [0.717, 1.165) is 28.0 Å². The van der Waals surface area contributed by atoms with Gasteiger partial charge in [0.2, 0.25) is 11.8 Å². The highest BCUT2D eigenvalue weighted by Gasteiger charge is 2.64. The number of carboxylic acid groups (broad SMARTS) is 2. The maximum Gasteiger partial charge on any atom is 0.352 e. The smallest absolute Gasteiger partial charge is 0.352 e. The van der Waals surface area contributed by atoms with Crippen molar-refractivity contribution in [2.45, 2.75) is 53.5 Å². The predicted molar refractivity (Wildman–Crippen MR) is 216 cm³/mol. The minimum absolute atomic E-state index is 0.0606. The number of nitrogens with zero attached hydrogens (tertiary/aromatic N) is 4. The number of nitrogens with two attached hydrogens (primary N) is 2. The lowest BCUT2D eigenvalue weighted by atomic mass is 9.95. The average Bonchev–Trinajstić information content (AvgIpc) is 3.95. The number of aromatic hydroxyl groups is 1. The summed E-state index contributed by atoms with van der Waals surface area (Å²) in [6, 6.07) is 5.33. The van der Waals surface area contributed by atoms with Gasteiger partial charge < -0.3 is 51.6 Å². The number of rotatable bonds is 12. The normalized spacial score (nSPS) is 23.4. The van der Waals surface area contributed by atoms with Crippen molar-refractivity contribution < 1.29 is 58.1 Å². The molecule has 7 rings (SSSR count). The van der Waals surface area contributed by atoms with Crippen molar-refractivity contribution in [1.29, 1.82) is 0 Å². The van der Waals surface area contributed by atoms with Gasteiger partial charge >= 0.3 is 11.9 Å². The molecule has 0 saturated carbocycles. The molecule has 2 aromatic heterocycles. The molecule has 0 spiro atoms. The highest BCUT2D eigenvalue weighted by molar-refractivity contribution is 8.14. The number of anilines is 1. The van der Waals surface area contributed by atoms with Gasteiger partial charge in [-0.05, 0) is 49.2 Å². The maximum atomic E-state index is 12.8. The number of carbonyl (C=O) groups excluding carboxylic acids is 5. The molecule has 6 atom stereocenters. The summed E-state index contributed by atoms with van der Waals surface area (Å²) in [5, 5.41) is 37.7. The zero-order chi connectivity index (χ0) is 42.9. The number of carbonyl (C=O) groups is 7. The first kappa shape index (κ1) is 43.0. The minimum atomic E-state index is -1.29. The molecule has 20 nitrogen and oxygen atoms in total. The molecule has 3 saturated heterocycles. The van der Waals surface area contributed by atoms with Crippen LogP contribution in [-0.2, 0) is 33.6 Å². The number of aliphatic carboxylic acids is 2. The molecule has 0 unspecified atom stereocenters. The number of nitrogen functional groups attached to an aromatic ring is 1. The number of benzene rings is 1. The highest BCUT2D eigenvalue weighted by Crippen LogP contribution is 2.51. The van der Waals surface area contributed by atoms with Crippen molar-refractivity contribution in [2.75, 3.05) is 24.3 Å². The van der Waals surface area contributed by atoms with Crippen LogP contribution in [0.3, 0.4) is 0 Å². The number of oxime groups is 1. The second kappa shape index (κ2) is 17.3. The van der Waals surface area contributed by atoms with E-state index in [1.807, 2.05) is 0 Å². The zero-order valence-corrected chi connectivity index (χ0v) is 34.4. The third-order valence-electron chi connectivity index (χ3n) is 9.31. The van der Waals surface area contributed by atoms with E-state index in [1.54, 1.807) is 19.9 Å². The molecule has 6 heterocycles. The summed E-state index contributed by atoms with van der Waals surface area (Å²) < 4.78 is 4.41. The molecule has 3 aromatic rings. The molecule has 59 heavy (non-hydrogen) atoms. The highest BCUT2D eigenvalue weighted by atomic mass is 32.2. The van der Waals surface area contributed by atoms with Gasteiger partial charge in [-0.2, -0.15) is 0 Å². The van der Waals surface area contributed by atoms with Crippen LogP contribution < -0.4 is 22.1 Å². The molecule has 24 heteroatoms. The van der Waals surface area contributed by atoms with Crippen LogP contribution in [0.4, 0.5) is 5.13 Å². The lowest BCUT2D eigenvalue weighted by molar-refractivity contribution is -0.161. The monoisotopic (exact) mass is 888 g/mol. The SMILES string of the molecule is CC1(C)S[C@@H]2[C@H](NC(=O)[C@H](N)c3ccc(O)cc3)C(=O)N2[C@H]1C(=O)O.CO/N=C(\C(=O)N[C@@H]1C(=O)N2C(C(=O)O)=C(CSC(=O)c3ccco3)CS[C@H]12)c1csc(N)n1. The number of nitrogens with one attached hydrogen (secondary N) is 2. The van der Waals surface area contributed by atoms with Gasteiger partial charge in [-0.25, -0.2) is 14.6 Å². The lowest BCUT2D eigenvalue weighted by Crippen LogP contribution is -2.71. The Morgan fingerprint density at radius 1 is 1.08 bits per heavy atom. The van der Waals surface area contributed by atoms with E-state index in [2.05, 4.69) is 20.8 Å². The number of carboxylic acids is 2. The van der Waals surface area contributed by atoms with E-state index in [-0.39, 0.29) is 50.4 Å². The number of phenols is 1. The third kappa shape index (κ3) is 8.62. The first-order valence-corrected chi connectivity index (χ1v) is 21.1. The quantitative estimate of drug-likeness (QED) is 0.0758. The summed E-state index contributed by atoms with van der Waals surface area (Å²) in [5.74, 6) is -4.02. The molecular formula is C35H36N8O12S4. The Labute approximate surface area is 351 Å². The fraction of sp³-hybridized carbons (Fsp3) is 0.343. The minimum Gasteiger partial charge on any atom is -0.508 e. The van der Waals surface area contributed by atoms with E-state index < -0.39 is 75.2 Å². The summed E-state index contributed by atoms with van der Waals surface area (Å²) in [6.45, 7) is 3.53. The number of fused-ring (bicyclic) bond motifs is 2. The molecule has 1 aromatic carbocycles. The number of β-lactam (4-membered cyclic amide) rings is 2. The number of thiazole rings is 1. The molecule has 4 aliphatic heterocycles. The van der Waals surface area contributed by atoms with Gasteiger partial charge in [0.15, 0.2) is 16.6 Å². The Bertz CT molecular complexity index is 2250. The molecule has 0 bridgehead atoms. The second-order valence-electron chi connectivity index (χ2n) is 13.5. The van der Waals surface area contributed by atoms with Crippen molar-refractivity contribution >= 4 is 98.1 Å². The van der Waals surface area contributed by atoms with Crippen LogP contribution in [0.1, 0.15) is 41.7 Å². The Kier molecular flexibility index (Phi) is 12.7. The van der Waals surface area contributed by atoms with Crippen LogP contribution in [-0.4, -0.2) is 129 Å². The van der Waals surface area contributed by atoms with Crippen LogP contribution in [0.5, 0.6) is 5.75 Å². The molecule has 4 amide bonds. The summed E-state index contributed by atoms with van der Waals surface area (Å²) in [7, 11) is 1.26. The van der Waals surface area contributed by atoms with Crippen LogP contribution in [0, 0.1) is 0 Å². The Balaban J connectivity index is 0.000000208. The summed E-state index contributed by atoms with van der Waals surface area (Å²) in [6.07, 6.45) is 1.37. The van der Waals surface area contributed by atoms with Crippen molar-refractivity contribution in [3.8, 4) is 5.75 Å². The summed E-state index contributed by atoms with van der Waals surface area (Å²) in [4.78, 5) is 97.1. The van der Waals surface area contributed by atoms with E-state index in [0.29, 0.717) is 11.1 Å². The van der Waals surface area contributed by atoms with Crippen molar-refractivity contribution in [1.82, 2.24) is 25.4 Å². The topological polar surface area (TPSA) is 310 Å².